The summed E-state index contributed by atoms with van der Waals surface area (Å²) in [7, 11) is 3.88. The lowest BCUT2D eigenvalue weighted by atomic mass is 10.2. The number of fused-ring (bicyclic) bond motifs is 1. The van der Waals surface area contributed by atoms with E-state index in [-0.39, 0.29) is 11.2 Å². The zero-order valence-electron chi connectivity index (χ0n) is 18.0. The molecule has 0 aliphatic heterocycles. The molecule has 2 rings (SSSR count). The Morgan fingerprint density at radius 3 is 2.44 bits per heavy atom. The summed E-state index contributed by atoms with van der Waals surface area (Å²) in [6.45, 7) is -1.23. The number of amides is 2. The molecule has 2 heterocycles. The number of hydrogen-bond donors (Lipinski definition) is 3. The van der Waals surface area contributed by atoms with Crippen LogP contribution in [0.3, 0.4) is 0 Å². The molecule has 176 valence electrons. The average molecular weight is 471 g/mol. The Morgan fingerprint density at radius 1 is 1.16 bits per heavy atom. The SMILES string of the molecule is COC(=O)[C@H](CCSC)NC(=O)[C@H](CO)NC(=O)Cn1nnc2c1c(=O)n(C)c(=O)n2C. The van der Waals surface area contributed by atoms with Gasteiger partial charge in [0.25, 0.3) is 5.56 Å². The number of nitrogens with one attached hydrogen (secondary N) is 2. The molecule has 15 heteroatoms. The van der Waals surface area contributed by atoms with E-state index in [1.807, 2.05) is 6.26 Å². The molecule has 0 spiro atoms. The Morgan fingerprint density at radius 2 is 1.84 bits per heavy atom. The van der Waals surface area contributed by atoms with Crippen LogP contribution >= 0.6 is 11.8 Å². The molecule has 2 aromatic heterocycles. The Hall–Kier alpha value is -3.20. The number of aromatic nitrogens is 5. The first-order valence-corrected chi connectivity index (χ1v) is 10.8. The molecule has 2 atom stereocenters. The Labute approximate surface area is 185 Å². The average Bonchev–Trinajstić information content (AvgIpc) is 3.19. The summed E-state index contributed by atoms with van der Waals surface area (Å²) < 4.78 is 7.63. The molecule has 14 nitrogen and oxygen atoms in total. The van der Waals surface area contributed by atoms with Crippen molar-refractivity contribution in [1.82, 2.24) is 34.8 Å². The molecule has 0 radical (unpaired) electrons. The molecule has 2 amide bonds. The van der Waals surface area contributed by atoms with Gasteiger partial charge in [-0.3, -0.25) is 23.5 Å². The van der Waals surface area contributed by atoms with Crippen LogP contribution in [0.2, 0.25) is 0 Å². The Kier molecular flexibility index (Phi) is 8.54. The molecule has 0 saturated carbocycles. The highest BCUT2D eigenvalue weighted by Crippen LogP contribution is 2.04. The molecule has 32 heavy (non-hydrogen) atoms. The molecular weight excluding hydrogens is 446 g/mol. The lowest BCUT2D eigenvalue weighted by molar-refractivity contribution is -0.145. The maximum Gasteiger partial charge on any atom is 0.332 e. The predicted molar refractivity (Wildman–Crippen MR) is 114 cm³/mol. The predicted octanol–water partition coefficient (Wildman–Crippen LogP) is -3.28. The number of thioether (sulfide) groups is 1. The summed E-state index contributed by atoms with van der Waals surface area (Å²) in [5, 5.41) is 21.8. The number of esters is 1. The molecular formula is C17H25N7O7S. The van der Waals surface area contributed by atoms with Gasteiger partial charge < -0.3 is 20.5 Å². The van der Waals surface area contributed by atoms with Crippen LogP contribution in [-0.4, -0.2) is 84.8 Å². The third-order valence-electron chi connectivity index (χ3n) is 4.66. The van der Waals surface area contributed by atoms with Crippen LogP contribution in [0, 0.1) is 0 Å². The normalized spacial score (nSPS) is 12.9. The van der Waals surface area contributed by atoms with E-state index < -0.39 is 54.3 Å². The number of nitrogens with zero attached hydrogens (tertiary/aromatic N) is 5. The second-order valence-corrected chi connectivity index (χ2v) is 7.78. The maximum atomic E-state index is 12.5. The van der Waals surface area contributed by atoms with Crippen molar-refractivity contribution >= 4 is 40.7 Å². The minimum atomic E-state index is -1.36. The molecule has 0 aliphatic rings. The lowest BCUT2D eigenvalue weighted by Crippen LogP contribution is -2.54. The number of methoxy groups -OCH3 is 1. The van der Waals surface area contributed by atoms with Gasteiger partial charge in [0.15, 0.2) is 11.2 Å². The van der Waals surface area contributed by atoms with Gasteiger partial charge in [0.05, 0.1) is 13.7 Å². The van der Waals surface area contributed by atoms with Crippen molar-refractivity contribution in [2.45, 2.75) is 25.0 Å². The van der Waals surface area contributed by atoms with Crippen molar-refractivity contribution in [3.05, 3.63) is 20.8 Å². The van der Waals surface area contributed by atoms with Crippen molar-refractivity contribution < 1.29 is 24.2 Å². The first-order valence-electron chi connectivity index (χ1n) is 9.42. The summed E-state index contributed by atoms with van der Waals surface area (Å²) in [5.74, 6) is -1.60. The van der Waals surface area contributed by atoms with Gasteiger partial charge in [-0.05, 0) is 18.4 Å². The van der Waals surface area contributed by atoms with E-state index in [4.69, 9.17) is 0 Å². The highest BCUT2D eigenvalue weighted by Gasteiger charge is 2.27. The number of hydrogen-bond acceptors (Lipinski definition) is 10. The minimum Gasteiger partial charge on any atom is -0.467 e. The first kappa shape index (κ1) is 25.1. The highest BCUT2D eigenvalue weighted by atomic mass is 32.2. The van der Waals surface area contributed by atoms with E-state index in [0.29, 0.717) is 12.2 Å². The zero-order chi connectivity index (χ0) is 24.0. The van der Waals surface area contributed by atoms with Crippen LogP contribution in [0.1, 0.15) is 6.42 Å². The van der Waals surface area contributed by atoms with Crippen molar-refractivity contribution in [2.75, 3.05) is 25.7 Å². The summed E-state index contributed by atoms with van der Waals surface area (Å²) in [5.41, 5.74) is -1.36. The molecule has 0 fully saturated rings. The number of aliphatic hydroxyl groups is 1. The molecule has 0 aliphatic carbocycles. The number of carbonyl (C=O) groups excluding carboxylic acids is 3. The second-order valence-electron chi connectivity index (χ2n) is 6.79. The highest BCUT2D eigenvalue weighted by molar-refractivity contribution is 7.98. The molecule has 0 saturated heterocycles. The van der Waals surface area contributed by atoms with Crippen LogP contribution in [0.4, 0.5) is 0 Å². The van der Waals surface area contributed by atoms with Gasteiger partial charge in [-0.25, -0.2) is 14.3 Å². The third-order valence-corrected chi connectivity index (χ3v) is 5.30. The Bertz CT molecular complexity index is 1120. The van der Waals surface area contributed by atoms with Crippen molar-refractivity contribution in [2.24, 2.45) is 14.1 Å². The summed E-state index contributed by atoms with van der Waals surface area (Å²) >= 11 is 1.47. The largest absolute Gasteiger partial charge is 0.467 e. The first-order chi connectivity index (χ1) is 15.2. The van der Waals surface area contributed by atoms with Crippen molar-refractivity contribution in [3.8, 4) is 0 Å². The standard InChI is InChI=1S/C17H25N7O7S/c1-22-13-12(15(28)23(2)17(22)30)24(21-20-13)7-11(26)18-10(8-25)14(27)19-9(5-6-32-4)16(29)31-3/h9-10,25H,5-8H2,1-4H3,(H,18,26)(H,19,27)/t9-,10-/m0/s1. The Balaban J connectivity index is 2.15. The van der Waals surface area contributed by atoms with E-state index in [1.54, 1.807) is 0 Å². The summed E-state index contributed by atoms with van der Waals surface area (Å²) in [6, 6.07) is -2.29. The van der Waals surface area contributed by atoms with Crippen molar-refractivity contribution in [3.63, 3.8) is 0 Å². The van der Waals surface area contributed by atoms with Gasteiger partial charge in [-0.1, -0.05) is 5.21 Å². The second kappa shape index (κ2) is 10.9. The molecule has 0 aromatic carbocycles. The van der Waals surface area contributed by atoms with E-state index in [9.17, 15) is 29.1 Å². The van der Waals surface area contributed by atoms with Crippen LogP contribution in [-0.2, 0) is 39.8 Å². The fourth-order valence-corrected chi connectivity index (χ4v) is 3.35. The molecule has 0 unspecified atom stereocenters. The monoisotopic (exact) mass is 471 g/mol. The van der Waals surface area contributed by atoms with Gasteiger partial charge in [0.2, 0.25) is 11.8 Å². The van der Waals surface area contributed by atoms with Crippen LogP contribution < -0.4 is 21.9 Å². The van der Waals surface area contributed by atoms with E-state index in [2.05, 4.69) is 25.7 Å². The molecule has 0 bridgehead atoms. The van der Waals surface area contributed by atoms with Crippen molar-refractivity contribution in [1.29, 1.82) is 0 Å². The topological polar surface area (TPSA) is 179 Å². The molecule has 2 aromatic rings. The lowest BCUT2D eigenvalue weighted by Gasteiger charge is -2.20. The summed E-state index contributed by atoms with van der Waals surface area (Å²) in [6.07, 6.45) is 2.14. The number of carbonyl (C=O) groups is 3. The number of ether oxygens (including phenoxy) is 1. The van der Waals surface area contributed by atoms with Gasteiger partial charge in [0.1, 0.15) is 18.6 Å². The minimum absolute atomic E-state index is 0.00272. The van der Waals surface area contributed by atoms with Crippen LogP contribution in [0.15, 0.2) is 9.59 Å². The smallest absolute Gasteiger partial charge is 0.332 e. The number of aliphatic hydroxyl groups excluding tert-OH is 1. The van der Waals surface area contributed by atoms with E-state index in [1.165, 1.54) is 33.0 Å². The third kappa shape index (κ3) is 5.34. The fourth-order valence-electron chi connectivity index (χ4n) is 2.88. The van der Waals surface area contributed by atoms with E-state index in [0.717, 1.165) is 13.8 Å². The number of rotatable bonds is 10. The van der Waals surface area contributed by atoms with Gasteiger partial charge in [-0.2, -0.15) is 11.8 Å². The zero-order valence-corrected chi connectivity index (χ0v) is 18.8. The molecule has 3 N–H and O–H groups in total. The summed E-state index contributed by atoms with van der Waals surface area (Å²) in [4.78, 5) is 61.2. The van der Waals surface area contributed by atoms with Gasteiger partial charge in [0, 0.05) is 14.1 Å². The van der Waals surface area contributed by atoms with Gasteiger partial charge >= 0.3 is 11.7 Å². The van der Waals surface area contributed by atoms with Crippen LogP contribution in [0.25, 0.3) is 11.2 Å². The van der Waals surface area contributed by atoms with Gasteiger partial charge in [-0.15, -0.1) is 5.10 Å². The fraction of sp³-hybridized carbons (Fsp3) is 0.588. The number of aryl methyl sites for hydroxylation is 1. The van der Waals surface area contributed by atoms with E-state index >= 15 is 0 Å². The quantitative estimate of drug-likeness (QED) is 0.297. The van der Waals surface area contributed by atoms with Crippen LogP contribution in [0.5, 0.6) is 0 Å². The maximum absolute atomic E-state index is 12.5.